The predicted octanol–water partition coefficient (Wildman–Crippen LogP) is 20.2. The molecule has 0 bridgehead atoms. The summed E-state index contributed by atoms with van der Waals surface area (Å²) in [6, 6.07) is 105. The minimum absolute atomic E-state index is 0.00201. The van der Waals surface area contributed by atoms with E-state index in [1.807, 2.05) is 18.2 Å². The molecule has 0 aliphatic heterocycles. The Morgan fingerprint density at radius 1 is 0.304 bits per heavy atom. The van der Waals surface area contributed by atoms with Crippen LogP contribution in [0.3, 0.4) is 0 Å². The van der Waals surface area contributed by atoms with Crippen molar-refractivity contribution in [1.82, 2.24) is 19.5 Å². The van der Waals surface area contributed by atoms with Crippen molar-refractivity contribution in [2.24, 2.45) is 0 Å². The number of aromatic nitrogens is 4. The molecule has 13 aromatic carbocycles. The number of carbonyl (C=O) groups is 1. The van der Waals surface area contributed by atoms with Crippen LogP contribution in [0.2, 0.25) is 0 Å². The Bertz CT molecular complexity index is 5710. The highest BCUT2D eigenvalue weighted by atomic mass is 16.1. The van der Waals surface area contributed by atoms with Gasteiger partial charge in [-0.15, -0.1) is 0 Å². The van der Waals surface area contributed by atoms with Gasteiger partial charge in [-0.05, 0) is 153 Å². The molecule has 5 aliphatic carbocycles. The molecule has 0 saturated heterocycles. The van der Waals surface area contributed by atoms with Crippen molar-refractivity contribution in [1.29, 1.82) is 0 Å². The average molecular weight is 1170 g/mol. The number of carbonyl (C=O) groups excluding carboxylic acids is 1. The monoisotopic (exact) mass is 1170 g/mol. The van der Waals surface area contributed by atoms with Crippen LogP contribution in [0.1, 0.15) is 85.4 Å². The molecule has 1 atom stereocenters. The Balaban J connectivity index is 0.739. The molecule has 0 saturated carbocycles. The predicted molar refractivity (Wildman–Crippen MR) is 371 cm³/mol. The lowest BCUT2D eigenvalue weighted by molar-refractivity contribution is 0.103. The van der Waals surface area contributed by atoms with Crippen molar-refractivity contribution >= 4 is 27.6 Å². The Hall–Kier alpha value is -11.7. The highest BCUT2D eigenvalue weighted by Gasteiger charge is 2.54. The summed E-state index contributed by atoms with van der Waals surface area (Å²) in [5.74, 6) is 1.74. The summed E-state index contributed by atoms with van der Waals surface area (Å²) in [7, 11) is 0. The van der Waals surface area contributed by atoms with Crippen LogP contribution >= 0.6 is 0 Å². The number of para-hydroxylation sites is 1. The minimum Gasteiger partial charge on any atom is -0.289 e. The molecular weight excluding hydrogens is 1120 g/mol. The van der Waals surface area contributed by atoms with Gasteiger partial charge in [-0.2, -0.15) is 9.97 Å². The van der Waals surface area contributed by atoms with Crippen LogP contribution in [0.4, 0.5) is 0 Å². The first kappa shape index (κ1) is 51.2. The van der Waals surface area contributed by atoms with Gasteiger partial charge in [-0.25, -0.2) is 4.98 Å². The van der Waals surface area contributed by atoms with Gasteiger partial charge in [0, 0.05) is 38.4 Å². The van der Waals surface area contributed by atoms with Crippen molar-refractivity contribution in [3.63, 3.8) is 0 Å². The molecule has 1 unspecified atom stereocenters. The first-order valence-electron chi connectivity index (χ1n) is 31.9. The summed E-state index contributed by atoms with van der Waals surface area (Å²) in [5.41, 5.74) is 30.0. The second kappa shape index (κ2) is 18.5. The second-order valence-electron chi connectivity index (χ2n) is 26.0. The average Bonchev–Trinajstić information content (AvgIpc) is 1.52. The van der Waals surface area contributed by atoms with E-state index in [4.69, 9.17) is 15.0 Å². The van der Waals surface area contributed by atoms with Crippen LogP contribution in [0.25, 0.3) is 117 Å². The van der Waals surface area contributed by atoms with E-state index in [9.17, 15) is 0 Å². The fourth-order valence-corrected chi connectivity index (χ4v) is 17.5. The maximum Gasteiger partial charge on any atom is 0.238 e. The largest absolute Gasteiger partial charge is 0.289 e. The van der Waals surface area contributed by atoms with Gasteiger partial charge >= 0.3 is 0 Å². The van der Waals surface area contributed by atoms with E-state index in [2.05, 4.69) is 291 Å². The van der Waals surface area contributed by atoms with Gasteiger partial charge in [-0.3, -0.25) is 9.36 Å². The topological polar surface area (TPSA) is 60.7 Å². The van der Waals surface area contributed by atoms with E-state index < -0.39 is 10.8 Å². The highest BCUT2D eigenvalue weighted by molar-refractivity contribution is 6.14. The van der Waals surface area contributed by atoms with Crippen molar-refractivity contribution in [3.8, 4) is 95.5 Å². The van der Waals surface area contributed by atoms with E-state index >= 15 is 4.79 Å². The van der Waals surface area contributed by atoms with E-state index in [1.165, 1.54) is 100.0 Å². The van der Waals surface area contributed by atoms with Crippen molar-refractivity contribution in [2.75, 3.05) is 0 Å². The first-order valence-corrected chi connectivity index (χ1v) is 31.9. The lowest BCUT2D eigenvalue weighted by atomic mass is 9.69. The molecule has 5 nitrogen and oxygen atoms in total. The van der Waals surface area contributed by atoms with E-state index in [0.717, 1.165) is 55.4 Å². The van der Waals surface area contributed by atoms with E-state index in [1.54, 1.807) is 0 Å². The van der Waals surface area contributed by atoms with Crippen LogP contribution in [0.5, 0.6) is 0 Å². The SMILES string of the molecule is CC1(C)c2ccccc2-c2ccc3c4ccccc4n(-c4nc(-c5ccccc5)nc(-c5cccc(-c6ccc7c(c6)C6(c8ccccc8-c8ccc(C(=O)c9ccc%10c(c9)C9(c%11ccccc%11-c%11ccccc%119)c9ccccc9-%10)cc86)c6ccccc6-7)c5)n4)c3c21. The van der Waals surface area contributed by atoms with Gasteiger partial charge < -0.3 is 0 Å². The Morgan fingerprint density at radius 3 is 1.27 bits per heavy atom. The molecule has 20 rings (SSSR count). The quantitative estimate of drug-likeness (QED) is 0.156. The third kappa shape index (κ3) is 6.56. The number of fused-ring (bicyclic) bond motifs is 27. The minimum atomic E-state index is -0.727. The zero-order valence-electron chi connectivity index (χ0n) is 50.4. The van der Waals surface area contributed by atoms with Crippen LogP contribution in [0.15, 0.2) is 291 Å². The Labute approximate surface area is 532 Å². The van der Waals surface area contributed by atoms with Gasteiger partial charge in [0.2, 0.25) is 5.95 Å². The molecular formula is C87H54N4O. The van der Waals surface area contributed by atoms with Gasteiger partial charge in [0.05, 0.1) is 21.9 Å². The molecule has 428 valence electrons. The number of benzene rings is 13. The van der Waals surface area contributed by atoms with Crippen LogP contribution in [-0.4, -0.2) is 25.3 Å². The number of nitrogens with zero attached hydrogens (tertiary/aromatic N) is 4. The third-order valence-electron chi connectivity index (χ3n) is 21.3. The highest BCUT2D eigenvalue weighted by Crippen LogP contribution is 2.65. The third-order valence-corrected chi connectivity index (χ3v) is 21.3. The number of rotatable bonds is 6. The fourth-order valence-electron chi connectivity index (χ4n) is 17.5. The van der Waals surface area contributed by atoms with E-state index in [-0.39, 0.29) is 11.2 Å². The summed E-state index contributed by atoms with van der Waals surface area (Å²) in [6.45, 7) is 4.69. The number of hydrogen-bond donors (Lipinski definition) is 0. The smallest absolute Gasteiger partial charge is 0.238 e. The zero-order chi connectivity index (χ0) is 60.8. The standard InChI is InChI=1S/C87H54N4O/c1-85(2)69-32-13-6-30-62(69)67-45-46-68-66-31-12-19-38-78(66)91(80(68)79(67)85)84-89-82(51-21-4-3-5-22-51)88-83(90-84)56-24-20-23-52(47-56)53-39-42-63-60-28-10-17-36-73(60)87(75(63)48-53)74-37-18-11-29-61(74)65-44-41-55(50-77(65)87)81(92)54-40-43-64-59-27-9-16-35-72(59)86(76(64)49-54)70-33-14-7-25-57(70)58-26-8-15-34-71(58)86/h3-50H,1-2H3. The lowest BCUT2D eigenvalue weighted by Gasteiger charge is -2.31. The maximum absolute atomic E-state index is 15.8. The number of ketones is 1. The van der Waals surface area contributed by atoms with Gasteiger partial charge in [0.1, 0.15) is 0 Å². The molecule has 0 radical (unpaired) electrons. The van der Waals surface area contributed by atoms with Gasteiger partial charge in [0.25, 0.3) is 0 Å². The molecule has 2 aromatic heterocycles. The molecule has 0 amide bonds. The van der Waals surface area contributed by atoms with Crippen LogP contribution in [-0.2, 0) is 16.2 Å². The molecule has 5 aliphatic rings. The Morgan fingerprint density at radius 2 is 0.707 bits per heavy atom. The normalized spacial score (nSPS) is 15.5. The van der Waals surface area contributed by atoms with Crippen LogP contribution in [0, 0.1) is 0 Å². The summed E-state index contributed by atoms with van der Waals surface area (Å²) in [5, 5.41) is 2.31. The molecule has 0 fully saturated rings. The van der Waals surface area contributed by atoms with Gasteiger partial charge in [-0.1, -0.05) is 275 Å². The molecule has 15 aromatic rings. The molecule has 0 N–H and O–H groups in total. The van der Waals surface area contributed by atoms with Crippen molar-refractivity contribution in [3.05, 3.63) is 358 Å². The van der Waals surface area contributed by atoms with Crippen molar-refractivity contribution in [2.45, 2.75) is 30.1 Å². The fraction of sp³-hybridized carbons (Fsp3) is 0.0575. The summed E-state index contributed by atoms with van der Waals surface area (Å²) < 4.78 is 2.29. The van der Waals surface area contributed by atoms with Gasteiger partial charge in [0.15, 0.2) is 17.4 Å². The first-order chi connectivity index (χ1) is 45.3. The Kier molecular flexibility index (Phi) is 10.3. The number of hydrogen-bond acceptors (Lipinski definition) is 4. The van der Waals surface area contributed by atoms with E-state index in [0.29, 0.717) is 28.7 Å². The molecule has 92 heavy (non-hydrogen) atoms. The summed E-state index contributed by atoms with van der Waals surface area (Å²) >= 11 is 0. The lowest BCUT2D eigenvalue weighted by Crippen LogP contribution is -2.26. The summed E-state index contributed by atoms with van der Waals surface area (Å²) in [6.07, 6.45) is 0. The van der Waals surface area contributed by atoms with Crippen LogP contribution < -0.4 is 0 Å². The molecule has 2 heterocycles. The summed E-state index contributed by atoms with van der Waals surface area (Å²) in [4.78, 5) is 32.1. The van der Waals surface area contributed by atoms with Crippen molar-refractivity contribution < 1.29 is 4.79 Å². The molecule has 5 heteroatoms. The second-order valence-corrected chi connectivity index (χ2v) is 26.0. The molecule has 2 spiro atoms. The maximum atomic E-state index is 15.8. The zero-order valence-corrected chi connectivity index (χ0v) is 50.4.